The van der Waals surface area contributed by atoms with Gasteiger partial charge < -0.3 is 21.1 Å². The Morgan fingerprint density at radius 1 is 1.05 bits per heavy atom. The van der Waals surface area contributed by atoms with E-state index in [-0.39, 0.29) is 17.5 Å². The van der Waals surface area contributed by atoms with Crippen LogP contribution in [0.15, 0.2) is 18.2 Å². The first-order chi connectivity index (χ1) is 9.50. The topological polar surface area (TPSA) is 86.7 Å². The van der Waals surface area contributed by atoms with Gasteiger partial charge in [-0.25, -0.2) is 0 Å². The van der Waals surface area contributed by atoms with Gasteiger partial charge in [-0.2, -0.15) is 0 Å². The van der Waals surface area contributed by atoms with E-state index in [1.807, 2.05) is 0 Å². The minimum Gasteiger partial charge on any atom is -0.504 e. The van der Waals surface area contributed by atoms with Crippen LogP contribution in [0.25, 0.3) is 0 Å². The van der Waals surface area contributed by atoms with Crippen LogP contribution >= 0.6 is 0 Å². The molecule has 1 aromatic rings. The Labute approximate surface area is 119 Å². The van der Waals surface area contributed by atoms with Crippen molar-refractivity contribution < 1.29 is 15.3 Å². The number of rotatable bonds is 1. The van der Waals surface area contributed by atoms with E-state index in [0.29, 0.717) is 23.8 Å². The van der Waals surface area contributed by atoms with Crippen molar-refractivity contribution in [3.05, 3.63) is 23.8 Å². The molecule has 0 aromatic heterocycles. The first-order valence-electron chi connectivity index (χ1n) is 7.51. The number of phenolic OH excluding ortho intramolecular Hbond substituents is 2. The highest BCUT2D eigenvalue weighted by atomic mass is 16.3. The molecule has 4 nitrogen and oxygen atoms in total. The Hall–Kier alpha value is -1.26. The van der Waals surface area contributed by atoms with Gasteiger partial charge in [0, 0.05) is 6.04 Å². The highest BCUT2D eigenvalue weighted by molar-refractivity contribution is 5.43. The van der Waals surface area contributed by atoms with Crippen molar-refractivity contribution >= 4 is 0 Å². The molecule has 3 rings (SSSR count). The second-order valence-corrected chi connectivity index (χ2v) is 6.48. The number of hydrogen-bond acceptors (Lipinski definition) is 4. The maximum absolute atomic E-state index is 11.0. The van der Waals surface area contributed by atoms with Crippen LogP contribution in [0.3, 0.4) is 0 Å². The average molecular weight is 277 g/mol. The lowest BCUT2D eigenvalue weighted by atomic mass is 9.62. The lowest BCUT2D eigenvalue weighted by Crippen LogP contribution is -2.53. The van der Waals surface area contributed by atoms with Crippen LogP contribution in [0, 0.1) is 11.8 Å². The van der Waals surface area contributed by atoms with Crippen molar-refractivity contribution in [1.82, 2.24) is 0 Å². The Balaban J connectivity index is 1.91. The number of aliphatic hydroxyl groups is 1. The van der Waals surface area contributed by atoms with Gasteiger partial charge in [0.25, 0.3) is 0 Å². The van der Waals surface area contributed by atoms with Crippen molar-refractivity contribution in [2.75, 3.05) is 0 Å². The van der Waals surface area contributed by atoms with Crippen LogP contribution in [0.1, 0.15) is 44.1 Å². The zero-order valence-corrected chi connectivity index (χ0v) is 11.6. The largest absolute Gasteiger partial charge is 0.504 e. The molecule has 0 bridgehead atoms. The Morgan fingerprint density at radius 2 is 1.75 bits per heavy atom. The summed E-state index contributed by atoms with van der Waals surface area (Å²) in [7, 11) is 0. The van der Waals surface area contributed by atoms with Crippen molar-refractivity contribution in [1.29, 1.82) is 0 Å². The summed E-state index contributed by atoms with van der Waals surface area (Å²) < 4.78 is 0. The molecular formula is C16H23NO3. The SMILES string of the molecule is NC1CC2CCCCC2CC1(O)c1ccc(O)c(O)c1. The lowest BCUT2D eigenvalue weighted by molar-refractivity contribution is -0.0667. The van der Waals surface area contributed by atoms with Crippen LogP contribution in [-0.4, -0.2) is 21.4 Å². The molecule has 2 fully saturated rings. The molecule has 2 aliphatic carbocycles. The van der Waals surface area contributed by atoms with Crippen molar-refractivity contribution in [3.63, 3.8) is 0 Å². The second kappa shape index (κ2) is 4.93. The minimum atomic E-state index is -1.09. The number of aromatic hydroxyl groups is 2. The normalized spacial score (nSPS) is 37.4. The average Bonchev–Trinajstić information content (AvgIpc) is 2.43. The summed E-state index contributed by atoms with van der Waals surface area (Å²) >= 11 is 0. The third kappa shape index (κ3) is 2.17. The van der Waals surface area contributed by atoms with Crippen LogP contribution in [0.5, 0.6) is 11.5 Å². The zero-order chi connectivity index (χ0) is 14.3. The quantitative estimate of drug-likeness (QED) is 0.593. The molecule has 1 aromatic carbocycles. The highest BCUT2D eigenvalue weighted by Gasteiger charge is 2.46. The summed E-state index contributed by atoms with van der Waals surface area (Å²) in [4.78, 5) is 0. The molecule has 4 atom stereocenters. The summed E-state index contributed by atoms with van der Waals surface area (Å²) in [6.45, 7) is 0. The van der Waals surface area contributed by atoms with E-state index in [0.717, 1.165) is 12.8 Å². The van der Waals surface area contributed by atoms with Crippen molar-refractivity contribution in [3.8, 4) is 11.5 Å². The molecule has 110 valence electrons. The molecule has 2 aliphatic rings. The van der Waals surface area contributed by atoms with E-state index in [2.05, 4.69) is 0 Å². The van der Waals surface area contributed by atoms with Gasteiger partial charge >= 0.3 is 0 Å². The van der Waals surface area contributed by atoms with Crippen LogP contribution in [0.4, 0.5) is 0 Å². The minimum absolute atomic E-state index is 0.169. The monoisotopic (exact) mass is 277 g/mol. The third-order valence-electron chi connectivity index (χ3n) is 5.29. The van der Waals surface area contributed by atoms with E-state index in [9.17, 15) is 15.3 Å². The molecule has 0 spiro atoms. The molecule has 20 heavy (non-hydrogen) atoms. The Morgan fingerprint density at radius 3 is 2.45 bits per heavy atom. The lowest BCUT2D eigenvalue weighted by Gasteiger charge is -2.48. The van der Waals surface area contributed by atoms with Gasteiger partial charge in [0.05, 0.1) is 0 Å². The summed E-state index contributed by atoms with van der Waals surface area (Å²) in [5.41, 5.74) is 5.77. The summed E-state index contributed by atoms with van der Waals surface area (Å²) in [6.07, 6.45) is 6.37. The predicted octanol–water partition coefficient (Wildman–Crippen LogP) is 2.21. The number of nitrogens with two attached hydrogens (primary N) is 1. The first kappa shape index (κ1) is 13.7. The van der Waals surface area contributed by atoms with E-state index in [1.165, 1.54) is 31.4 Å². The maximum atomic E-state index is 11.0. The van der Waals surface area contributed by atoms with Gasteiger partial charge in [0.1, 0.15) is 5.60 Å². The smallest absolute Gasteiger partial charge is 0.157 e. The molecule has 5 N–H and O–H groups in total. The second-order valence-electron chi connectivity index (χ2n) is 6.48. The highest BCUT2D eigenvalue weighted by Crippen LogP contribution is 2.48. The zero-order valence-electron chi connectivity index (χ0n) is 11.6. The summed E-state index contributed by atoms with van der Waals surface area (Å²) in [5, 5.41) is 30.1. The van der Waals surface area contributed by atoms with E-state index < -0.39 is 5.60 Å². The fraction of sp³-hybridized carbons (Fsp3) is 0.625. The fourth-order valence-corrected chi connectivity index (χ4v) is 4.06. The van der Waals surface area contributed by atoms with Gasteiger partial charge in [-0.05, 0) is 42.4 Å². The number of phenols is 2. The van der Waals surface area contributed by atoms with Crippen molar-refractivity contribution in [2.45, 2.75) is 50.2 Å². The third-order valence-corrected chi connectivity index (χ3v) is 5.29. The maximum Gasteiger partial charge on any atom is 0.157 e. The Bertz CT molecular complexity index is 504. The van der Waals surface area contributed by atoms with E-state index >= 15 is 0 Å². The van der Waals surface area contributed by atoms with Gasteiger partial charge in [0.15, 0.2) is 11.5 Å². The van der Waals surface area contributed by atoms with Gasteiger partial charge in [-0.3, -0.25) is 0 Å². The molecule has 0 radical (unpaired) electrons. The van der Waals surface area contributed by atoms with E-state index in [1.54, 1.807) is 6.07 Å². The summed E-state index contributed by atoms with van der Waals surface area (Å²) in [5.74, 6) is 0.778. The number of benzene rings is 1. The van der Waals surface area contributed by atoms with Crippen molar-refractivity contribution in [2.24, 2.45) is 17.6 Å². The summed E-state index contributed by atoms with van der Waals surface area (Å²) in [6, 6.07) is 4.21. The van der Waals surface area contributed by atoms with Gasteiger partial charge in [-0.15, -0.1) is 0 Å². The molecule has 4 heteroatoms. The van der Waals surface area contributed by atoms with E-state index in [4.69, 9.17) is 5.73 Å². The first-order valence-corrected chi connectivity index (χ1v) is 7.51. The van der Waals surface area contributed by atoms with Gasteiger partial charge in [-0.1, -0.05) is 31.7 Å². The predicted molar refractivity (Wildman–Crippen MR) is 76.3 cm³/mol. The molecule has 0 heterocycles. The van der Waals surface area contributed by atoms with Gasteiger partial charge in [0.2, 0.25) is 0 Å². The van der Waals surface area contributed by atoms with Crippen LogP contribution < -0.4 is 5.73 Å². The number of fused-ring (bicyclic) bond motifs is 1. The molecule has 4 unspecified atom stereocenters. The number of hydrogen-bond donors (Lipinski definition) is 4. The molecule has 0 saturated heterocycles. The fourth-order valence-electron chi connectivity index (χ4n) is 4.06. The molecule has 2 saturated carbocycles. The standard InChI is InChI=1S/C16H23NO3/c17-15-7-10-3-1-2-4-11(10)9-16(15,20)12-5-6-13(18)14(19)8-12/h5-6,8,10-11,15,18-20H,1-4,7,9,17H2. The van der Waals surface area contributed by atoms with Crippen LogP contribution in [-0.2, 0) is 5.60 Å². The van der Waals surface area contributed by atoms with Crippen LogP contribution in [0.2, 0.25) is 0 Å². The molecular weight excluding hydrogens is 254 g/mol. The Kier molecular flexibility index (Phi) is 3.38. The molecule has 0 amide bonds. The molecule has 0 aliphatic heterocycles.